The first kappa shape index (κ1) is 20.3. The van der Waals surface area contributed by atoms with Crippen molar-refractivity contribution >= 4 is 29.0 Å². The Morgan fingerprint density at radius 1 is 1.31 bits per heavy atom. The molecule has 150 valence electrons. The Labute approximate surface area is 169 Å². The molecule has 2 aromatic carbocycles. The molecule has 0 aliphatic rings. The van der Waals surface area contributed by atoms with Gasteiger partial charge in [0.05, 0.1) is 10.7 Å². The number of benzene rings is 2. The zero-order valence-electron chi connectivity index (χ0n) is 15.5. The Balaban J connectivity index is 1.73. The summed E-state index contributed by atoms with van der Waals surface area (Å²) in [6, 6.07) is 8.71. The molecule has 11 heteroatoms. The number of anilines is 1. The van der Waals surface area contributed by atoms with Crippen LogP contribution in [-0.4, -0.2) is 31.5 Å². The van der Waals surface area contributed by atoms with Gasteiger partial charge in [0.1, 0.15) is 11.5 Å². The molecule has 1 aromatic heterocycles. The number of carbonyl (C=O) groups is 1. The van der Waals surface area contributed by atoms with E-state index in [2.05, 4.69) is 15.5 Å². The number of thioether (sulfide) groups is 1. The van der Waals surface area contributed by atoms with Crippen molar-refractivity contribution < 1.29 is 14.1 Å². The number of nitrogen functional groups attached to an aromatic ring is 1. The van der Waals surface area contributed by atoms with Crippen LogP contribution in [0.15, 0.2) is 41.6 Å². The van der Waals surface area contributed by atoms with Crippen molar-refractivity contribution in [3.8, 4) is 11.4 Å². The van der Waals surface area contributed by atoms with Gasteiger partial charge < -0.3 is 11.2 Å². The Hall–Kier alpha value is -3.47. The molecule has 0 radical (unpaired) electrons. The van der Waals surface area contributed by atoms with E-state index in [-0.39, 0.29) is 28.1 Å². The molecular weight excluding hydrogens is 399 g/mol. The molecule has 3 aromatic rings. The number of nitrogens with zero attached hydrogens (tertiary/aromatic N) is 4. The molecule has 29 heavy (non-hydrogen) atoms. The van der Waals surface area contributed by atoms with Gasteiger partial charge in [0.15, 0.2) is 5.82 Å². The first-order valence-electron chi connectivity index (χ1n) is 8.41. The van der Waals surface area contributed by atoms with E-state index < -0.39 is 16.6 Å². The predicted molar refractivity (Wildman–Crippen MR) is 107 cm³/mol. The van der Waals surface area contributed by atoms with Crippen LogP contribution in [0.25, 0.3) is 11.4 Å². The number of nitrogens with one attached hydrogen (secondary N) is 1. The van der Waals surface area contributed by atoms with Crippen molar-refractivity contribution in [1.29, 1.82) is 0 Å². The zero-order valence-corrected chi connectivity index (χ0v) is 16.4. The van der Waals surface area contributed by atoms with Crippen LogP contribution >= 0.6 is 11.8 Å². The number of carbonyl (C=O) groups excluding carboxylic acids is 1. The van der Waals surface area contributed by atoms with Crippen LogP contribution in [0.3, 0.4) is 0 Å². The molecule has 0 aliphatic carbocycles. The predicted octanol–water partition coefficient (Wildman–Crippen LogP) is 3.05. The van der Waals surface area contributed by atoms with Crippen LogP contribution in [-0.2, 0) is 4.79 Å². The average molecular weight is 416 g/mol. The van der Waals surface area contributed by atoms with Crippen molar-refractivity contribution in [2.75, 3.05) is 16.9 Å². The number of aromatic nitrogens is 3. The molecule has 1 heterocycles. The number of nitro benzene ring substituents is 1. The number of amides is 1. The van der Waals surface area contributed by atoms with Crippen LogP contribution in [0, 0.1) is 29.8 Å². The Kier molecular flexibility index (Phi) is 5.78. The van der Waals surface area contributed by atoms with Gasteiger partial charge in [0, 0.05) is 11.6 Å². The highest BCUT2D eigenvalue weighted by molar-refractivity contribution is 7.99. The second-order valence-electron chi connectivity index (χ2n) is 6.18. The number of halogens is 1. The molecule has 0 spiro atoms. The van der Waals surface area contributed by atoms with Crippen molar-refractivity contribution in [2.45, 2.75) is 19.0 Å². The summed E-state index contributed by atoms with van der Waals surface area (Å²) >= 11 is 1.01. The number of rotatable bonds is 6. The fraction of sp³-hybridized carbons (Fsp3) is 0.167. The summed E-state index contributed by atoms with van der Waals surface area (Å²) in [6.07, 6.45) is 0. The molecule has 9 nitrogen and oxygen atoms in total. The number of hydrogen-bond acceptors (Lipinski definition) is 7. The highest BCUT2D eigenvalue weighted by Crippen LogP contribution is 2.30. The van der Waals surface area contributed by atoms with E-state index in [0.717, 1.165) is 22.0 Å². The van der Waals surface area contributed by atoms with Gasteiger partial charge in [-0.25, -0.2) is 9.07 Å². The smallest absolute Gasteiger partial charge is 0.293 e. The average Bonchev–Trinajstić information content (AvgIpc) is 3.04. The molecular formula is C18H17FN6O3S. The van der Waals surface area contributed by atoms with Gasteiger partial charge in [0.2, 0.25) is 11.1 Å². The highest BCUT2D eigenvalue weighted by atomic mass is 32.2. The number of aryl methyl sites for hydroxylation is 1. The molecule has 0 saturated heterocycles. The minimum absolute atomic E-state index is 0.0942. The number of nitrogens with two attached hydrogens (primary N) is 1. The SMILES string of the molecule is Cc1ccc([N+](=O)[O-])c(NC(=O)CSc2nnc(-c3cccc(F)c3)n2N)c1C. The van der Waals surface area contributed by atoms with E-state index >= 15 is 0 Å². The second kappa shape index (κ2) is 8.27. The molecule has 0 atom stereocenters. The van der Waals surface area contributed by atoms with Crippen LogP contribution < -0.4 is 11.2 Å². The van der Waals surface area contributed by atoms with E-state index in [1.165, 1.54) is 24.3 Å². The van der Waals surface area contributed by atoms with E-state index in [1.54, 1.807) is 26.0 Å². The third-order valence-corrected chi connectivity index (χ3v) is 5.20. The molecule has 0 bridgehead atoms. The van der Waals surface area contributed by atoms with Crippen molar-refractivity contribution in [3.05, 3.63) is 63.5 Å². The summed E-state index contributed by atoms with van der Waals surface area (Å²) in [5.41, 5.74) is 1.87. The largest absolute Gasteiger partial charge is 0.335 e. The minimum Gasteiger partial charge on any atom is -0.335 e. The fourth-order valence-corrected chi connectivity index (χ4v) is 3.27. The van der Waals surface area contributed by atoms with Crippen LogP contribution in [0.4, 0.5) is 15.8 Å². The Bertz CT molecular complexity index is 1100. The van der Waals surface area contributed by atoms with E-state index in [0.29, 0.717) is 11.1 Å². The minimum atomic E-state index is -0.545. The Morgan fingerprint density at radius 2 is 2.07 bits per heavy atom. The molecule has 3 rings (SSSR count). The van der Waals surface area contributed by atoms with Crippen LogP contribution in [0.2, 0.25) is 0 Å². The van der Waals surface area contributed by atoms with Gasteiger partial charge in [0.25, 0.3) is 5.69 Å². The highest BCUT2D eigenvalue weighted by Gasteiger charge is 2.20. The van der Waals surface area contributed by atoms with Gasteiger partial charge in [-0.05, 0) is 37.1 Å². The molecule has 0 aliphatic heterocycles. The van der Waals surface area contributed by atoms with Crippen LogP contribution in [0.5, 0.6) is 0 Å². The maximum atomic E-state index is 13.4. The second-order valence-corrected chi connectivity index (χ2v) is 7.12. The van der Waals surface area contributed by atoms with E-state index in [1.807, 2.05) is 0 Å². The molecule has 3 N–H and O–H groups in total. The maximum Gasteiger partial charge on any atom is 0.293 e. The number of nitro groups is 1. The molecule has 0 saturated carbocycles. The van der Waals surface area contributed by atoms with Crippen molar-refractivity contribution in [2.24, 2.45) is 0 Å². The Morgan fingerprint density at radius 3 is 2.76 bits per heavy atom. The van der Waals surface area contributed by atoms with Gasteiger partial charge >= 0.3 is 0 Å². The summed E-state index contributed by atoms with van der Waals surface area (Å²) in [4.78, 5) is 23.0. The maximum absolute atomic E-state index is 13.4. The zero-order chi connectivity index (χ0) is 21.1. The monoisotopic (exact) mass is 416 g/mol. The molecule has 1 amide bonds. The van der Waals surface area contributed by atoms with Gasteiger partial charge in [-0.1, -0.05) is 30.0 Å². The molecule has 0 fully saturated rings. The first-order valence-corrected chi connectivity index (χ1v) is 9.40. The van der Waals surface area contributed by atoms with Crippen LogP contribution in [0.1, 0.15) is 11.1 Å². The van der Waals surface area contributed by atoms with Crippen molar-refractivity contribution in [3.63, 3.8) is 0 Å². The summed E-state index contributed by atoms with van der Waals surface area (Å²) < 4.78 is 14.6. The number of hydrogen-bond donors (Lipinski definition) is 2. The van der Waals surface area contributed by atoms with E-state index in [4.69, 9.17) is 5.84 Å². The third kappa shape index (κ3) is 4.35. The fourth-order valence-electron chi connectivity index (χ4n) is 2.62. The van der Waals surface area contributed by atoms with Gasteiger partial charge in [-0.2, -0.15) is 0 Å². The van der Waals surface area contributed by atoms with E-state index in [9.17, 15) is 19.3 Å². The lowest BCUT2D eigenvalue weighted by Crippen LogP contribution is -2.18. The normalized spacial score (nSPS) is 10.7. The topological polar surface area (TPSA) is 129 Å². The summed E-state index contributed by atoms with van der Waals surface area (Å²) in [5, 5.41) is 21.9. The van der Waals surface area contributed by atoms with Gasteiger partial charge in [-0.15, -0.1) is 10.2 Å². The van der Waals surface area contributed by atoms with Gasteiger partial charge in [-0.3, -0.25) is 14.9 Å². The quantitative estimate of drug-likeness (QED) is 0.273. The standard InChI is InChI=1S/C18H17FN6O3S/c1-10-6-7-14(25(27)28)16(11(10)2)21-15(26)9-29-18-23-22-17(24(18)20)12-4-3-5-13(19)8-12/h3-8H,9,20H2,1-2H3,(H,21,26). The van der Waals surface area contributed by atoms with Crippen molar-refractivity contribution in [1.82, 2.24) is 14.9 Å². The lowest BCUT2D eigenvalue weighted by atomic mass is 10.1. The summed E-state index contributed by atoms with van der Waals surface area (Å²) in [7, 11) is 0. The molecule has 0 unspecified atom stereocenters. The summed E-state index contributed by atoms with van der Waals surface area (Å²) in [6.45, 7) is 3.50. The lowest BCUT2D eigenvalue weighted by molar-refractivity contribution is -0.384. The summed E-state index contributed by atoms with van der Waals surface area (Å²) in [5.74, 6) is 5.22. The lowest BCUT2D eigenvalue weighted by Gasteiger charge is -2.11. The first-order chi connectivity index (χ1) is 13.8. The third-order valence-electron chi connectivity index (χ3n) is 4.25.